The molecule has 35 heavy (non-hydrogen) atoms. The Hall–Kier alpha value is -3.27. The monoisotopic (exact) mass is 498 g/mol. The zero-order valence-corrected chi connectivity index (χ0v) is 20.1. The Morgan fingerprint density at radius 3 is 2.20 bits per heavy atom. The summed E-state index contributed by atoms with van der Waals surface area (Å²) in [6.07, 6.45) is -0.169. The normalized spacial score (nSPS) is 16.2. The number of rotatable bonds is 7. The van der Waals surface area contributed by atoms with Crippen molar-refractivity contribution in [3.63, 3.8) is 0 Å². The summed E-state index contributed by atoms with van der Waals surface area (Å²) in [7, 11) is -3.77. The predicted molar refractivity (Wildman–Crippen MR) is 129 cm³/mol. The minimum absolute atomic E-state index is 0.0430. The largest absolute Gasteiger partial charge is 0.508 e. The van der Waals surface area contributed by atoms with Gasteiger partial charge in [-0.15, -0.1) is 0 Å². The summed E-state index contributed by atoms with van der Waals surface area (Å²) in [5.41, 5.74) is 3.13. The molecule has 0 aromatic heterocycles. The summed E-state index contributed by atoms with van der Waals surface area (Å²) in [4.78, 5) is 13.4. The molecule has 0 amide bonds. The lowest BCUT2D eigenvalue weighted by atomic mass is 9.93. The third-order valence-corrected chi connectivity index (χ3v) is 8.14. The fraction of sp³-hybridized carbons (Fsp3) is 0.269. The molecule has 0 aliphatic carbocycles. The third kappa shape index (κ3) is 5.53. The molecule has 1 fully saturated rings. The molecule has 1 heterocycles. The van der Waals surface area contributed by atoms with Crippen LogP contribution in [0.5, 0.6) is 5.75 Å². The van der Waals surface area contributed by atoms with Gasteiger partial charge in [0.2, 0.25) is 10.0 Å². The summed E-state index contributed by atoms with van der Waals surface area (Å²) in [5, 5.41) is 19.9. The molecular weight excluding hydrogens is 471 g/mol. The van der Waals surface area contributed by atoms with Crippen LogP contribution in [0.15, 0.2) is 71.6 Å². The van der Waals surface area contributed by atoms with E-state index in [4.69, 9.17) is 0 Å². The molecule has 7 nitrogen and oxygen atoms in total. The van der Waals surface area contributed by atoms with E-state index in [2.05, 4.69) is 4.90 Å². The molecule has 1 aliphatic rings. The van der Waals surface area contributed by atoms with E-state index in [1.807, 2.05) is 31.2 Å². The maximum Gasteiger partial charge on any atom is 0.307 e. The van der Waals surface area contributed by atoms with E-state index in [0.29, 0.717) is 24.2 Å². The summed E-state index contributed by atoms with van der Waals surface area (Å²) < 4.78 is 40.7. The first kappa shape index (κ1) is 24.8. The van der Waals surface area contributed by atoms with Crippen LogP contribution in [0.1, 0.15) is 28.3 Å². The minimum atomic E-state index is -3.77. The minimum Gasteiger partial charge on any atom is -0.508 e. The fourth-order valence-corrected chi connectivity index (χ4v) is 5.82. The molecule has 184 valence electrons. The summed E-state index contributed by atoms with van der Waals surface area (Å²) in [6.45, 7) is 3.20. The number of aromatic hydroxyl groups is 1. The number of benzene rings is 3. The first-order valence-electron chi connectivity index (χ1n) is 11.2. The van der Waals surface area contributed by atoms with Crippen LogP contribution in [-0.4, -0.2) is 60.0 Å². The van der Waals surface area contributed by atoms with E-state index in [1.165, 1.54) is 22.5 Å². The van der Waals surface area contributed by atoms with Gasteiger partial charge in [0.15, 0.2) is 0 Å². The number of phenols is 1. The van der Waals surface area contributed by atoms with Crippen molar-refractivity contribution in [3.8, 4) is 5.75 Å². The van der Waals surface area contributed by atoms with Gasteiger partial charge < -0.3 is 10.2 Å². The average molecular weight is 499 g/mol. The van der Waals surface area contributed by atoms with Crippen LogP contribution < -0.4 is 0 Å². The van der Waals surface area contributed by atoms with Crippen LogP contribution in [0, 0.1) is 12.7 Å². The molecule has 0 saturated carbocycles. The van der Waals surface area contributed by atoms with Gasteiger partial charge in [0.1, 0.15) is 11.6 Å². The van der Waals surface area contributed by atoms with Gasteiger partial charge in [-0.25, -0.2) is 12.8 Å². The molecule has 9 heteroatoms. The van der Waals surface area contributed by atoms with E-state index in [-0.39, 0.29) is 36.2 Å². The van der Waals surface area contributed by atoms with Crippen LogP contribution in [0.25, 0.3) is 0 Å². The lowest BCUT2D eigenvalue weighted by Gasteiger charge is -2.39. The molecule has 1 atom stereocenters. The number of aryl methyl sites for hydroxylation is 1. The van der Waals surface area contributed by atoms with Crippen molar-refractivity contribution in [2.45, 2.75) is 24.3 Å². The maximum absolute atomic E-state index is 13.3. The number of carboxylic acids is 1. The number of carboxylic acid groups (broad SMARTS) is 1. The molecule has 0 spiro atoms. The molecule has 1 saturated heterocycles. The van der Waals surface area contributed by atoms with E-state index in [9.17, 15) is 27.8 Å². The van der Waals surface area contributed by atoms with Crippen LogP contribution >= 0.6 is 0 Å². The Labute approximate surface area is 204 Å². The summed E-state index contributed by atoms with van der Waals surface area (Å²) in [6, 6.07) is 17.1. The summed E-state index contributed by atoms with van der Waals surface area (Å²) in [5.74, 6) is -1.42. The van der Waals surface area contributed by atoms with Gasteiger partial charge in [0, 0.05) is 31.7 Å². The first-order chi connectivity index (χ1) is 16.6. The van der Waals surface area contributed by atoms with Crippen LogP contribution in [0.4, 0.5) is 4.39 Å². The predicted octanol–water partition coefficient (Wildman–Crippen LogP) is 3.56. The van der Waals surface area contributed by atoms with E-state index >= 15 is 0 Å². The quantitative estimate of drug-likeness (QED) is 0.517. The van der Waals surface area contributed by atoms with Crippen LogP contribution in [0.2, 0.25) is 0 Å². The number of sulfonamides is 1. The van der Waals surface area contributed by atoms with Gasteiger partial charge in [-0.1, -0.05) is 35.9 Å². The zero-order chi connectivity index (χ0) is 25.2. The highest BCUT2D eigenvalue weighted by molar-refractivity contribution is 7.89. The molecule has 3 aromatic rings. The molecule has 0 radical (unpaired) electrons. The van der Waals surface area contributed by atoms with E-state index in [1.54, 1.807) is 12.1 Å². The number of hydrogen-bond acceptors (Lipinski definition) is 5. The number of piperazine rings is 1. The smallest absolute Gasteiger partial charge is 0.307 e. The lowest BCUT2D eigenvalue weighted by Crippen LogP contribution is -2.49. The first-order valence-corrected chi connectivity index (χ1v) is 12.7. The molecular formula is C26H27FN2O5S. The number of nitrogens with zero attached hydrogens (tertiary/aromatic N) is 2. The molecule has 0 bridgehead atoms. The van der Waals surface area contributed by atoms with Gasteiger partial charge in [-0.3, -0.25) is 9.69 Å². The van der Waals surface area contributed by atoms with Crippen molar-refractivity contribution in [2.24, 2.45) is 0 Å². The zero-order valence-electron chi connectivity index (χ0n) is 19.3. The second-order valence-electron chi connectivity index (χ2n) is 8.67. The second-order valence-corrected chi connectivity index (χ2v) is 10.6. The fourth-order valence-electron chi connectivity index (χ4n) is 4.40. The number of aliphatic carboxylic acids is 1. The van der Waals surface area contributed by atoms with E-state index < -0.39 is 21.8 Å². The molecule has 1 aliphatic heterocycles. The number of phenolic OH excluding ortho intramolecular Hbond substituents is 1. The highest BCUT2D eigenvalue weighted by Gasteiger charge is 2.33. The van der Waals surface area contributed by atoms with Crippen LogP contribution in [-0.2, 0) is 21.2 Å². The number of hydrogen-bond donors (Lipinski definition) is 2. The Morgan fingerprint density at radius 2 is 1.60 bits per heavy atom. The lowest BCUT2D eigenvalue weighted by molar-refractivity contribution is -0.136. The Morgan fingerprint density at radius 1 is 0.971 bits per heavy atom. The second kappa shape index (κ2) is 10.2. The SMILES string of the molecule is Cc1ccc(C(c2cc(CC(=O)O)ccc2O)N2CCN(S(=O)(=O)c3ccc(F)cc3)CC2)cc1. The molecule has 1 unspecified atom stereocenters. The highest BCUT2D eigenvalue weighted by Crippen LogP contribution is 2.36. The average Bonchev–Trinajstić information content (AvgIpc) is 2.83. The van der Waals surface area contributed by atoms with Crippen molar-refractivity contribution < 1.29 is 27.8 Å². The van der Waals surface area contributed by atoms with Crippen molar-refractivity contribution >= 4 is 16.0 Å². The molecule has 3 aromatic carbocycles. The Bertz CT molecular complexity index is 1300. The topological polar surface area (TPSA) is 98.2 Å². The van der Waals surface area contributed by atoms with Gasteiger partial charge in [-0.2, -0.15) is 4.31 Å². The molecule has 4 rings (SSSR count). The van der Waals surface area contributed by atoms with Gasteiger partial charge in [0.05, 0.1) is 17.4 Å². The Kier molecular flexibility index (Phi) is 7.20. The Balaban J connectivity index is 1.63. The van der Waals surface area contributed by atoms with Crippen molar-refractivity contribution in [1.29, 1.82) is 0 Å². The van der Waals surface area contributed by atoms with Crippen LogP contribution in [0.3, 0.4) is 0 Å². The standard InChI is InChI=1S/C26H27FN2O5S/c1-18-2-5-20(6-3-18)26(23-16-19(17-25(31)32)4-11-24(23)30)28-12-14-29(15-13-28)35(33,34)22-9-7-21(27)8-10-22/h2-11,16,26,30H,12-15,17H2,1H3,(H,31,32). The van der Waals surface area contributed by atoms with Gasteiger partial charge >= 0.3 is 5.97 Å². The van der Waals surface area contributed by atoms with Gasteiger partial charge in [-0.05, 0) is 54.4 Å². The molecule has 2 N–H and O–H groups in total. The summed E-state index contributed by atoms with van der Waals surface area (Å²) >= 11 is 0. The van der Waals surface area contributed by atoms with E-state index in [0.717, 1.165) is 23.3 Å². The van der Waals surface area contributed by atoms with Crippen molar-refractivity contribution in [2.75, 3.05) is 26.2 Å². The number of carbonyl (C=O) groups is 1. The van der Waals surface area contributed by atoms with Crippen molar-refractivity contribution in [3.05, 3.63) is 94.8 Å². The van der Waals surface area contributed by atoms with Gasteiger partial charge in [0.25, 0.3) is 0 Å². The maximum atomic E-state index is 13.3. The number of halogens is 1. The van der Waals surface area contributed by atoms with Crippen molar-refractivity contribution in [1.82, 2.24) is 9.21 Å². The highest BCUT2D eigenvalue weighted by atomic mass is 32.2. The third-order valence-electron chi connectivity index (χ3n) is 6.22.